The minimum Gasteiger partial charge on any atom is -0.249 e. The first kappa shape index (κ1) is 11.2. The van der Waals surface area contributed by atoms with Crippen molar-refractivity contribution in [1.29, 1.82) is 0 Å². The molecule has 0 fully saturated rings. The highest BCUT2D eigenvalue weighted by Gasteiger charge is 2.05. The fourth-order valence-electron chi connectivity index (χ4n) is 1.69. The summed E-state index contributed by atoms with van der Waals surface area (Å²) >= 11 is 6.13. The summed E-state index contributed by atoms with van der Waals surface area (Å²) in [4.78, 5) is 0. The molecular formula is C13H15ClN2. The molecule has 0 aliphatic heterocycles. The second-order valence-electron chi connectivity index (χ2n) is 3.85. The van der Waals surface area contributed by atoms with Gasteiger partial charge in [0.15, 0.2) is 0 Å². The Morgan fingerprint density at radius 1 is 1.25 bits per heavy atom. The molecule has 0 spiro atoms. The van der Waals surface area contributed by atoms with Crippen LogP contribution in [0.3, 0.4) is 0 Å². The van der Waals surface area contributed by atoms with Gasteiger partial charge < -0.3 is 0 Å². The molecule has 2 rings (SSSR count). The predicted molar refractivity (Wildman–Crippen MR) is 66.8 cm³/mol. The van der Waals surface area contributed by atoms with Crippen molar-refractivity contribution >= 4 is 11.6 Å². The van der Waals surface area contributed by atoms with Gasteiger partial charge in [-0.2, -0.15) is 5.10 Å². The maximum Gasteiger partial charge on any atom is 0.127 e. The minimum absolute atomic E-state index is 0.715. The van der Waals surface area contributed by atoms with Crippen LogP contribution >= 0.6 is 11.6 Å². The number of aryl methyl sites for hydroxylation is 1. The van der Waals surface area contributed by atoms with Crippen LogP contribution in [0, 0.1) is 0 Å². The average molecular weight is 235 g/mol. The normalized spacial score (nSPS) is 10.6. The second kappa shape index (κ2) is 5.17. The second-order valence-corrected chi connectivity index (χ2v) is 4.24. The van der Waals surface area contributed by atoms with Gasteiger partial charge in [-0.25, -0.2) is 4.68 Å². The lowest BCUT2D eigenvalue weighted by Crippen LogP contribution is -2.02. The number of benzene rings is 1. The van der Waals surface area contributed by atoms with Crippen molar-refractivity contribution < 1.29 is 0 Å². The van der Waals surface area contributed by atoms with Crippen LogP contribution < -0.4 is 0 Å². The zero-order valence-corrected chi connectivity index (χ0v) is 10.1. The van der Waals surface area contributed by atoms with Gasteiger partial charge in [0.1, 0.15) is 5.15 Å². The van der Waals surface area contributed by atoms with Crippen molar-refractivity contribution in [1.82, 2.24) is 9.78 Å². The molecule has 0 saturated carbocycles. The van der Waals surface area contributed by atoms with E-state index < -0.39 is 0 Å². The van der Waals surface area contributed by atoms with Crippen molar-refractivity contribution in [3.8, 4) is 0 Å². The van der Waals surface area contributed by atoms with E-state index in [1.165, 1.54) is 5.56 Å². The van der Waals surface area contributed by atoms with Crippen molar-refractivity contribution in [2.75, 3.05) is 0 Å². The Kier molecular flexibility index (Phi) is 3.62. The van der Waals surface area contributed by atoms with Crippen LogP contribution in [0.2, 0.25) is 5.15 Å². The lowest BCUT2D eigenvalue weighted by atomic mass is 10.2. The predicted octanol–water partition coefficient (Wildman–Crippen LogP) is 3.54. The number of halogens is 1. The van der Waals surface area contributed by atoms with Crippen LogP contribution in [-0.2, 0) is 13.0 Å². The van der Waals surface area contributed by atoms with Crippen LogP contribution in [0.5, 0.6) is 0 Å². The van der Waals surface area contributed by atoms with E-state index in [-0.39, 0.29) is 0 Å². The summed E-state index contributed by atoms with van der Waals surface area (Å²) in [5.41, 5.74) is 2.29. The van der Waals surface area contributed by atoms with Crippen LogP contribution in [-0.4, -0.2) is 9.78 Å². The largest absolute Gasteiger partial charge is 0.249 e. The number of hydrogen-bond donors (Lipinski definition) is 0. The Labute approximate surface area is 101 Å². The van der Waals surface area contributed by atoms with Gasteiger partial charge in [0.25, 0.3) is 0 Å². The molecule has 1 aromatic carbocycles. The number of rotatable bonds is 4. The number of aromatic nitrogens is 2. The number of nitrogens with zero attached hydrogens (tertiary/aromatic N) is 2. The lowest BCUT2D eigenvalue weighted by molar-refractivity contribution is 0.668. The van der Waals surface area contributed by atoms with Gasteiger partial charge in [0.05, 0.1) is 12.2 Å². The van der Waals surface area contributed by atoms with Crippen molar-refractivity contribution in [3.05, 3.63) is 52.8 Å². The smallest absolute Gasteiger partial charge is 0.127 e. The first-order chi connectivity index (χ1) is 7.79. The molecule has 0 atom stereocenters. The fourth-order valence-corrected chi connectivity index (χ4v) is 1.91. The van der Waals surface area contributed by atoms with Gasteiger partial charge >= 0.3 is 0 Å². The van der Waals surface area contributed by atoms with E-state index in [1.807, 2.05) is 28.9 Å². The molecule has 2 nitrogen and oxygen atoms in total. The maximum absolute atomic E-state index is 6.13. The first-order valence-electron chi connectivity index (χ1n) is 5.55. The average Bonchev–Trinajstić information content (AvgIpc) is 2.61. The molecule has 1 aromatic heterocycles. The Morgan fingerprint density at radius 3 is 2.69 bits per heavy atom. The third kappa shape index (κ3) is 2.64. The summed E-state index contributed by atoms with van der Waals surface area (Å²) < 4.78 is 1.85. The Balaban J connectivity index is 2.15. The van der Waals surface area contributed by atoms with E-state index in [0.717, 1.165) is 25.1 Å². The van der Waals surface area contributed by atoms with Crippen molar-refractivity contribution in [2.45, 2.75) is 26.3 Å². The molecule has 16 heavy (non-hydrogen) atoms. The molecular weight excluding hydrogens is 220 g/mol. The molecule has 2 aromatic rings. The molecule has 3 heteroatoms. The molecule has 0 radical (unpaired) electrons. The third-order valence-corrected chi connectivity index (χ3v) is 2.77. The van der Waals surface area contributed by atoms with Gasteiger partial charge in [0.2, 0.25) is 0 Å². The highest BCUT2D eigenvalue weighted by Crippen LogP contribution is 2.14. The summed E-state index contributed by atoms with van der Waals surface area (Å²) in [5, 5.41) is 5.19. The van der Waals surface area contributed by atoms with E-state index in [2.05, 4.69) is 24.2 Å². The first-order valence-corrected chi connectivity index (χ1v) is 5.93. The SMILES string of the molecule is CCCc1cc(Cl)n(Cc2ccccc2)n1. The van der Waals surface area contributed by atoms with Gasteiger partial charge in [-0.1, -0.05) is 55.3 Å². The van der Waals surface area contributed by atoms with Gasteiger partial charge in [-0.05, 0) is 18.1 Å². The van der Waals surface area contributed by atoms with Crippen molar-refractivity contribution in [2.24, 2.45) is 0 Å². The monoisotopic (exact) mass is 234 g/mol. The molecule has 0 bridgehead atoms. The highest BCUT2D eigenvalue weighted by molar-refractivity contribution is 6.29. The van der Waals surface area contributed by atoms with E-state index in [1.54, 1.807) is 0 Å². The lowest BCUT2D eigenvalue weighted by Gasteiger charge is -2.02. The van der Waals surface area contributed by atoms with Gasteiger partial charge in [0, 0.05) is 0 Å². The van der Waals surface area contributed by atoms with E-state index in [0.29, 0.717) is 5.15 Å². The van der Waals surface area contributed by atoms with Gasteiger partial charge in [-0.15, -0.1) is 0 Å². The molecule has 84 valence electrons. The molecule has 0 aliphatic rings. The van der Waals surface area contributed by atoms with E-state index in [9.17, 15) is 0 Å². The quantitative estimate of drug-likeness (QED) is 0.791. The van der Waals surface area contributed by atoms with Crippen molar-refractivity contribution in [3.63, 3.8) is 0 Å². The molecule has 0 N–H and O–H groups in total. The molecule has 0 unspecified atom stereocenters. The van der Waals surface area contributed by atoms with E-state index >= 15 is 0 Å². The molecule has 0 amide bonds. The summed E-state index contributed by atoms with van der Waals surface area (Å²) in [5.74, 6) is 0. The van der Waals surface area contributed by atoms with E-state index in [4.69, 9.17) is 11.6 Å². The summed E-state index contributed by atoms with van der Waals surface area (Å²) in [6, 6.07) is 12.2. The summed E-state index contributed by atoms with van der Waals surface area (Å²) in [6.45, 7) is 2.88. The van der Waals surface area contributed by atoms with Crippen LogP contribution in [0.4, 0.5) is 0 Å². The topological polar surface area (TPSA) is 17.8 Å². The Hall–Kier alpha value is -1.28. The minimum atomic E-state index is 0.715. The van der Waals surface area contributed by atoms with Crippen LogP contribution in [0.1, 0.15) is 24.6 Å². The summed E-state index contributed by atoms with van der Waals surface area (Å²) in [6.07, 6.45) is 2.08. The molecule has 0 aliphatic carbocycles. The standard InChI is InChI=1S/C13H15ClN2/c1-2-6-12-9-13(14)16(15-12)10-11-7-4-3-5-8-11/h3-5,7-9H,2,6,10H2,1H3. The maximum atomic E-state index is 6.13. The third-order valence-electron chi connectivity index (χ3n) is 2.46. The van der Waals surface area contributed by atoms with Crippen LogP contribution in [0.25, 0.3) is 0 Å². The summed E-state index contributed by atoms with van der Waals surface area (Å²) in [7, 11) is 0. The Morgan fingerprint density at radius 2 is 2.00 bits per heavy atom. The zero-order valence-electron chi connectivity index (χ0n) is 9.36. The fraction of sp³-hybridized carbons (Fsp3) is 0.308. The van der Waals surface area contributed by atoms with Crippen LogP contribution in [0.15, 0.2) is 36.4 Å². The molecule has 0 saturated heterocycles. The zero-order chi connectivity index (χ0) is 11.4. The molecule has 1 heterocycles. The Bertz CT molecular complexity index is 448. The van der Waals surface area contributed by atoms with Gasteiger partial charge in [-0.3, -0.25) is 0 Å². The highest BCUT2D eigenvalue weighted by atomic mass is 35.5. The number of hydrogen-bond acceptors (Lipinski definition) is 1.